The molecule has 0 rings (SSSR count). The van der Waals surface area contributed by atoms with Gasteiger partial charge in [0.15, 0.2) is 4.87 Å². The molecule has 0 bridgehead atoms. The largest absolute Gasteiger partial charge is 0.433 e. The van der Waals surface area contributed by atoms with Gasteiger partial charge in [-0.2, -0.15) is 0 Å². The Bertz CT molecular complexity index is 188. The molecule has 0 amide bonds. The maximum atomic E-state index is 11.0. The third-order valence-corrected chi connectivity index (χ3v) is 1.56. The summed E-state index contributed by atoms with van der Waals surface area (Å²) in [5.41, 5.74) is 0. The Balaban J connectivity index is 4.48. The van der Waals surface area contributed by atoms with Gasteiger partial charge in [0.1, 0.15) is 0 Å². The molecule has 0 fully saturated rings. The van der Waals surface area contributed by atoms with Crippen LogP contribution in [-0.4, -0.2) is 10.8 Å². The second kappa shape index (κ2) is 3.98. The summed E-state index contributed by atoms with van der Waals surface area (Å²) < 4.78 is 4.44. The van der Waals surface area contributed by atoms with Crippen LogP contribution in [0.3, 0.4) is 0 Å². The van der Waals surface area contributed by atoms with Crippen molar-refractivity contribution in [1.82, 2.24) is 0 Å². The number of rotatable bonds is 4. The Morgan fingerprint density at radius 2 is 1.82 bits per heavy atom. The summed E-state index contributed by atoms with van der Waals surface area (Å²) in [6, 6.07) is 0. The van der Waals surface area contributed by atoms with Crippen LogP contribution in [-0.2, 0) is 9.53 Å². The molecule has 0 aliphatic carbocycles. The standard InChI is InChI=1S/C8H9ClO2/c1-4-8(9,5-2)7(10)11-6-3/h4-6H,1-3H2. The smallest absolute Gasteiger partial charge is 0.339 e. The molecular formula is C8H9ClO2. The maximum absolute atomic E-state index is 11.0. The van der Waals surface area contributed by atoms with Crippen LogP contribution >= 0.6 is 11.6 Å². The Kier molecular flexibility index (Phi) is 3.61. The second-order valence-corrected chi connectivity index (χ2v) is 2.37. The normalized spacial score (nSPS) is 9.91. The lowest BCUT2D eigenvalue weighted by atomic mass is 10.1. The van der Waals surface area contributed by atoms with E-state index in [1.807, 2.05) is 0 Å². The van der Waals surface area contributed by atoms with Gasteiger partial charge in [-0.1, -0.05) is 30.3 Å². The average Bonchev–Trinajstić information content (AvgIpc) is 2.03. The lowest BCUT2D eigenvalue weighted by Crippen LogP contribution is -2.28. The quantitative estimate of drug-likeness (QED) is 0.281. The van der Waals surface area contributed by atoms with Gasteiger partial charge in [0.05, 0.1) is 6.26 Å². The van der Waals surface area contributed by atoms with Crippen LogP contribution < -0.4 is 0 Å². The molecule has 60 valence electrons. The SMILES string of the molecule is C=COC(=O)C(Cl)(C=C)C=C. The van der Waals surface area contributed by atoms with Crippen molar-refractivity contribution in [2.75, 3.05) is 0 Å². The van der Waals surface area contributed by atoms with Crippen molar-refractivity contribution in [2.24, 2.45) is 0 Å². The second-order valence-electron chi connectivity index (χ2n) is 1.75. The molecule has 0 spiro atoms. The zero-order valence-corrected chi connectivity index (χ0v) is 6.80. The van der Waals surface area contributed by atoms with Crippen LogP contribution in [0.25, 0.3) is 0 Å². The number of alkyl halides is 1. The van der Waals surface area contributed by atoms with Crippen LogP contribution in [0.4, 0.5) is 0 Å². The van der Waals surface area contributed by atoms with Crippen LogP contribution in [0.5, 0.6) is 0 Å². The Hall–Kier alpha value is -1.02. The van der Waals surface area contributed by atoms with E-state index in [9.17, 15) is 4.79 Å². The third-order valence-electron chi connectivity index (χ3n) is 1.10. The van der Waals surface area contributed by atoms with Gasteiger partial charge in [-0.3, -0.25) is 0 Å². The summed E-state index contributed by atoms with van der Waals surface area (Å²) in [6.07, 6.45) is 3.49. The molecule has 0 N–H and O–H groups in total. The van der Waals surface area contributed by atoms with E-state index in [0.29, 0.717) is 0 Å². The minimum Gasteiger partial charge on any atom is -0.433 e. The van der Waals surface area contributed by atoms with Crippen molar-refractivity contribution < 1.29 is 9.53 Å². The fourth-order valence-electron chi connectivity index (χ4n) is 0.416. The monoisotopic (exact) mass is 172 g/mol. The molecule has 0 saturated heterocycles. The predicted molar refractivity (Wildman–Crippen MR) is 45.3 cm³/mol. The van der Waals surface area contributed by atoms with Gasteiger partial charge in [-0.05, 0) is 0 Å². The number of esters is 1. The molecule has 0 unspecified atom stereocenters. The molecule has 0 aromatic carbocycles. The summed E-state index contributed by atoms with van der Waals surface area (Å²) in [5, 5.41) is 0. The molecule has 0 heterocycles. The maximum Gasteiger partial charge on any atom is 0.339 e. The summed E-state index contributed by atoms with van der Waals surface area (Å²) in [6.45, 7) is 9.95. The number of carbonyl (C=O) groups is 1. The molecule has 3 heteroatoms. The van der Waals surface area contributed by atoms with E-state index in [2.05, 4.69) is 24.5 Å². The van der Waals surface area contributed by atoms with Crippen molar-refractivity contribution in [1.29, 1.82) is 0 Å². The number of ether oxygens (including phenoxy) is 1. The minimum atomic E-state index is -1.34. The summed E-state index contributed by atoms with van der Waals surface area (Å²) >= 11 is 5.68. The van der Waals surface area contributed by atoms with Gasteiger partial charge in [0.25, 0.3) is 0 Å². The van der Waals surface area contributed by atoms with Crippen LogP contribution in [0.1, 0.15) is 0 Å². The zero-order valence-electron chi connectivity index (χ0n) is 6.05. The number of halogens is 1. The Morgan fingerprint density at radius 3 is 2.09 bits per heavy atom. The number of hydrogen-bond acceptors (Lipinski definition) is 2. The first kappa shape index (κ1) is 9.98. The van der Waals surface area contributed by atoms with Gasteiger partial charge in [-0.15, -0.1) is 13.2 Å². The van der Waals surface area contributed by atoms with E-state index in [-0.39, 0.29) is 0 Å². The highest BCUT2D eigenvalue weighted by Gasteiger charge is 2.30. The number of hydrogen-bond donors (Lipinski definition) is 0. The van der Waals surface area contributed by atoms with Crippen molar-refractivity contribution in [3.63, 3.8) is 0 Å². The van der Waals surface area contributed by atoms with Gasteiger partial charge in [0, 0.05) is 0 Å². The number of carbonyl (C=O) groups excluding carboxylic acids is 1. The van der Waals surface area contributed by atoms with Crippen molar-refractivity contribution >= 4 is 17.6 Å². The van der Waals surface area contributed by atoms with E-state index < -0.39 is 10.8 Å². The zero-order chi connectivity index (χ0) is 8.91. The summed E-state index contributed by atoms with van der Waals surface area (Å²) in [7, 11) is 0. The fraction of sp³-hybridized carbons (Fsp3) is 0.125. The van der Waals surface area contributed by atoms with E-state index in [1.54, 1.807) is 0 Å². The highest BCUT2D eigenvalue weighted by Crippen LogP contribution is 2.19. The molecule has 0 aliphatic rings. The molecule has 11 heavy (non-hydrogen) atoms. The van der Waals surface area contributed by atoms with E-state index in [1.165, 1.54) is 12.2 Å². The first-order valence-corrected chi connectivity index (χ1v) is 3.26. The predicted octanol–water partition coefficient (Wildman–Crippen LogP) is 2.02. The molecule has 0 radical (unpaired) electrons. The fourth-order valence-corrected chi connectivity index (χ4v) is 0.461. The molecule has 0 aromatic rings. The summed E-state index contributed by atoms with van der Waals surface area (Å²) in [4.78, 5) is 9.62. The van der Waals surface area contributed by atoms with Crippen molar-refractivity contribution in [2.45, 2.75) is 4.87 Å². The molecule has 0 atom stereocenters. The van der Waals surface area contributed by atoms with E-state index in [0.717, 1.165) is 6.26 Å². The van der Waals surface area contributed by atoms with Crippen LogP contribution in [0.2, 0.25) is 0 Å². The molecule has 0 saturated carbocycles. The Labute approximate surface area is 70.8 Å². The van der Waals surface area contributed by atoms with E-state index >= 15 is 0 Å². The van der Waals surface area contributed by atoms with Crippen molar-refractivity contribution in [3.8, 4) is 0 Å². The van der Waals surface area contributed by atoms with Gasteiger partial charge in [-0.25, -0.2) is 4.79 Å². The van der Waals surface area contributed by atoms with Gasteiger partial charge < -0.3 is 4.74 Å². The molecule has 0 aliphatic heterocycles. The highest BCUT2D eigenvalue weighted by molar-refractivity contribution is 6.37. The first-order valence-electron chi connectivity index (χ1n) is 2.89. The molecule has 0 aromatic heterocycles. The average molecular weight is 173 g/mol. The highest BCUT2D eigenvalue weighted by atomic mass is 35.5. The first-order chi connectivity index (χ1) is 5.10. The van der Waals surface area contributed by atoms with Crippen LogP contribution in [0, 0.1) is 0 Å². The van der Waals surface area contributed by atoms with Crippen LogP contribution in [0.15, 0.2) is 38.2 Å². The third kappa shape index (κ3) is 2.24. The lowest BCUT2D eigenvalue weighted by molar-refractivity contribution is -0.138. The minimum absolute atomic E-state index is 0.654. The Morgan fingerprint density at radius 1 is 1.36 bits per heavy atom. The van der Waals surface area contributed by atoms with Crippen molar-refractivity contribution in [3.05, 3.63) is 38.2 Å². The summed E-state index contributed by atoms with van der Waals surface area (Å²) in [5.74, 6) is -0.654. The van der Waals surface area contributed by atoms with Gasteiger partial charge >= 0.3 is 5.97 Å². The van der Waals surface area contributed by atoms with E-state index in [4.69, 9.17) is 11.6 Å². The topological polar surface area (TPSA) is 26.3 Å². The molecule has 2 nitrogen and oxygen atoms in total. The van der Waals surface area contributed by atoms with Gasteiger partial charge in [0.2, 0.25) is 0 Å². The molecular weight excluding hydrogens is 164 g/mol. The lowest BCUT2D eigenvalue weighted by Gasteiger charge is -2.13.